The molecule has 6 rings (SSSR count). The van der Waals surface area contributed by atoms with E-state index in [4.69, 9.17) is 0 Å². The summed E-state index contributed by atoms with van der Waals surface area (Å²) in [6.45, 7) is 0. The Morgan fingerprint density at radius 3 is 0.756 bits per heavy atom. The van der Waals surface area contributed by atoms with E-state index in [2.05, 4.69) is 0 Å². The van der Waals surface area contributed by atoms with Gasteiger partial charge >= 0.3 is 0 Å². The first-order chi connectivity index (χ1) is 20.1. The molecular weight excluding hydrogens is 561 g/mol. The minimum absolute atomic E-state index is 0.807. The Morgan fingerprint density at radius 2 is 0.512 bits per heavy atom. The Kier molecular flexibility index (Phi) is 7.84. The van der Waals surface area contributed by atoms with Crippen LogP contribution in [0.4, 0.5) is 0 Å². The molecule has 0 aliphatic heterocycles. The largest absolute Gasteiger partial charge is 0.271 e. The summed E-state index contributed by atoms with van der Waals surface area (Å²) in [6, 6.07) is 54.9. The second-order valence-electron chi connectivity index (χ2n) is 9.65. The van der Waals surface area contributed by atoms with Crippen molar-refractivity contribution >= 4 is 31.6 Å². The first-order valence-corrected chi connectivity index (χ1v) is 17.6. The van der Waals surface area contributed by atoms with Gasteiger partial charge in [-0.15, -0.1) is 0 Å². The second kappa shape index (κ2) is 11.8. The van der Waals surface area contributed by atoms with Gasteiger partial charge < -0.3 is 0 Å². The number of thiol groups is 2. The molecule has 0 aliphatic rings. The zero-order chi connectivity index (χ0) is 28.1. The highest BCUT2D eigenvalue weighted by Crippen LogP contribution is 2.39. The van der Waals surface area contributed by atoms with Crippen LogP contribution in [0.5, 0.6) is 0 Å². The minimum atomic E-state index is -3.00. The van der Waals surface area contributed by atoms with Crippen molar-refractivity contribution in [3.05, 3.63) is 170 Å². The number of rotatable bonds is 8. The van der Waals surface area contributed by atoms with E-state index in [1.54, 1.807) is 11.8 Å². The molecule has 0 saturated carbocycles. The van der Waals surface area contributed by atoms with Crippen LogP contribution in [0.15, 0.2) is 209 Å². The minimum Gasteiger partial charge on any atom is -0.271 e. The smallest absolute Gasteiger partial charge is 0.0230 e. The van der Waals surface area contributed by atoms with Gasteiger partial charge in [-0.25, -0.2) is 0 Å². The molecule has 0 bridgehead atoms. The third-order valence-electron chi connectivity index (χ3n) is 7.12. The summed E-state index contributed by atoms with van der Waals surface area (Å²) in [5, 5.41) is 0. The Balaban J connectivity index is 1.29. The fourth-order valence-corrected chi connectivity index (χ4v) is 11.1. The Labute approximate surface area is 248 Å². The molecule has 0 unspecified atom stereocenters. The zero-order valence-electron chi connectivity index (χ0n) is 22.3. The molecule has 41 heavy (non-hydrogen) atoms. The van der Waals surface area contributed by atoms with Crippen molar-refractivity contribution in [3.8, 4) is 0 Å². The lowest BCUT2D eigenvalue weighted by molar-refractivity contribution is 0.668. The van der Waals surface area contributed by atoms with Crippen molar-refractivity contribution in [2.75, 3.05) is 0 Å². The van der Waals surface area contributed by atoms with Crippen molar-refractivity contribution in [1.29, 1.82) is 0 Å². The van der Waals surface area contributed by atoms with Crippen LogP contribution in [0.25, 0.3) is 0 Å². The molecule has 0 amide bonds. The van der Waals surface area contributed by atoms with Crippen molar-refractivity contribution in [3.63, 3.8) is 0 Å². The van der Waals surface area contributed by atoms with Crippen molar-refractivity contribution in [1.82, 2.24) is 0 Å². The molecule has 5 heteroatoms. The second-order valence-corrected chi connectivity index (χ2v) is 16.3. The number of hydrogen-bond acceptors (Lipinski definition) is 3. The highest BCUT2D eigenvalue weighted by molar-refractivity contribution is 8.03. The van der Waals surface area contributed by atoms with Gasteiger partial charge in [0.25, 0.3) is 0 Å². The number of benzene rings is 6. The van der Waals surface area contributed by atoms with Gasteiger partial charge in [0.1, 0.15) is 0 Å². The van der Waals surface area contributed by atoms with Gasteiger partial charge in [0.2, 0.25) is 0 Å². The molecule has 0 spiro atoms. The maximum absolute atomic E-state index is 14.6. The molecule has 6 aromatic rings. The molecule has 0 aromatic heterocycles. The lowest BCUT2D eigenvalue weighted by Crippen LogP contribution is -2.13. The molecule has 2 nitrogen and oxygen atoms in total. The first kappa shape index (κ1) is 27.2. The monoisotopic (exact) mass is 590 g/mol. The van der Waals surface area contributed by atoms with E-state index in [-0.39, 0.29) is 0 Å². The fraction of sp³-hybridized carbons (Fsp3) is 0. The molecule has 0 atom stereocenters. The van der Waals surface area contributed by atoms with E-state index in [0.717, 1.165) is 39.2 Å². The van der Waals surface area contributed by atoms with E-state index in [1.165, 1.54) is 0 Å². The Hall–Kier alpha value is -4.03. The summed E-state index contributed by atoms with van der Waals surface area (Å²) in [5.41, 5.74) is 0. The zero-order valence-corrected chi connectivity index (χ0v) is 24.9. The van der Waals surface area contributed by atoms with Crippen LogP contribution < -0.4 is 0 Å². The fourth-order valence-electron chi connectivity index (χ4n) is 5.03. The van der Waals surface area contributed by atoms with Crippen molar-refractivity contribution < 1.29 is 8.42 Å². The van der Waals surface area contributed by atoms with E-state index < -0.39 is 19.9 Å². The summed E-state index contributed by atoms with van der Waals surface area (Å²) in [4.78, 5) is 6.99. The average Bonchev–Trinajstić information content (AvgIpc) is 3.06. The summed E-state index contributed by atoms with van der Waals surface area (Å²) in [7, 11) is -6.01. The highest BCUT2D eigenvalue weighted by Gasteiger charge is 2.24. The molecule has 0 N–H and O–H groups in total. The maximum atomic E-state index is 14.6. The van der Waals surface area contributed by atoms with Crippen LogP contribution in [-0.4, -0.2) is 8.42 Å². The first-order valence-electron chi connectivity index (χ1n) is 13.4. The molecule has 0 fully saturated rings. The van der Waals surface area contributed by atoms with Crippen LogP contribution in [0.1, 0.15) is 0 Å². The summed E-state index contributed by atoms with van der Waals surface area (Å²) in [6.07, 6.45) is 0. The molecule has 204 valence electrons. The van der Waals surface area contributed by atoms with Gasteiger partial charge in [-0.3, -0.25) is 8.42 Å². The van der Waals surface area contributed by atoms with Crippen LogP contribution in [0.2, 0.25) is 0 Å². The SMILES string of the molecule is O=[SH](c1ccccc1)(c1ccccc1)c1ccc(Sc2ccc([SH](=O)(c3ccccc3)c3ccccc3)cc2)cc1. The predicted molar refractivity (Wildman–Crippen MR) is 171 cm³/mol. The standard InChI is InChI=1S/C36H30O2S3/c37-40(31-13-5-1-6-14-31,32-15-7-2-8-16-32)35-25-21-29(22-26-35)39-30-23-27-36(28-24-30)41(38,33-17-9-3-10-18-33)34-19-11-4-12-20-34/h1-28,40-41H. The molecule has 6 aromatic carbocycles. The van der Waals surface area contributed by atoms with Gasteiger partial charge in [-0.2, -0.15) is 0 Å². The van der Waals surface area contributed by atoms with E-state index in [1.807, 2.05) is 170 Å². The van der Waals surface area contributed by atoms with Crippen LogP contribution in [-0.2, 0) is 19.9 Å². The third kappa shape index (κ3) is 5.36. The lowest BCUT2D eigenvalue weighted by Gasteiger charge is -2.26. The van der Waals surface area contributed by atoms with E-state index in [0.29, 0.717) is 0 Å². The lowest BCUT2D eigenvalue weighted by atomic mass is 10.3. The van der Waals surface area contributed by atoms with Gasteiger partial charge in [-0.1, -0.05) is 84.6 Å². The molecule has 0 radical (unpaired) electrons. The normalized spacial score (nSPS) is 12.5. The van der Waals surface area contributed by atoms with Crippen molar-refractivity contribution in [2.24, 2.45) is 0 Å². The number of hydrogen-bond donors (Lipinski definition) is 2. The van der Waals surface area contributed by atoms with Gasteiger partial charge in [0, 0.05) is 39.2 Å². The summed E-state index contributed by atoms with van der Waals surface area (Å²) in [5.74, 6) is 0. The Morgan fingerprint density at radius 1 is 0.293 bits per heavy atom. The van der Waals surface area contributed by atoms with Crippen LogP contribution in [0.3, 0.4) is 0 Å². The topological polar surface area (TPSA) is 34.1 Å². The van der Waals surface area contributed by atoms with E-state index >= 15 is 0 Å². The molecule has 0 aliphatic carbocycles. The van der Waals surface area contributed by atoms with Crippen molar-refractivity contribution in [2.45, 2.75) is 39.2 Å². The molecular formula is C36H30O2S3. The van der Waals surface area contributed by atoms with Crippen LogP contribution >= 0.6 is 11.8 Å². The molecule has 0 heterocycles. The highest BCUT2D eigenvalue weighted by atomic mass is 32.2. The Bertz CT molecular complexity index is 1600. The summed E-state index contributed by atoms with van der Waals surface area (Å²) >= 11 is 1.63. The van der Waals surface area contributed by atoms with Crippen LogP contribution in [0, 0.1) is 0 Å². The predicted octanol–water partition coefficient (Wildman–Crippen LogP) is 8.83. The average molecular weight is 591 g/mol. The summed E-state index contributed by atoms with van der Waals surface area (Å²) < 4.78 is 29.2. The van der Waals surface area contributed by atoms with Gasteiger partial charge in [0.15, 0.2) is 0 Å². The van der Waals surface area contributed by atoms with Gasteiger partial charge in [0.05, 0.1) is 0 Å². The third-order valence-corrected chi connectivity index (χ3v) is 14.3. The maximum Gasteiger partial charge on any atom is 0.0230 e. The molecule has 0 saturated heterocycles. The van der Waals surface area contributed by atoms with E-state index in [9.17, 15) is 8.42 Å². The quantitative estimate of drug-likeness (QED) is 0.174. The van der Waals surface area contributed by atoms with Gasteiger partial charge in [-0.05, 0) is 117 Å².